The summed E-state index contributed by atoms with van der Waals surface area (Å²) in [5.74, 6) is 1.68. The van der Waals surface area contributed by atoms with E-state index >= 15 is 0 Å². The summed E-state index contributed by atoms with van der Waals surface area (Å²) >= 11 is 0. The van der Waals surface area contributed by atoms with Gasteiger partial charge in [0.25, 0.3) is 0 Å². The Labute approximate surface area is 137 Å². The Kier molecular flexibility index (Phi) is 4.95. The number of hydrogen-bond acceptors (Lipinski definition) is 2. The molecule has 0 aliphatic carbocycles. The maximum absolute atomic E-state index is 6.03. The zero-order chi connectivity index (χ0) is 15.9. The van der Waals surface area contributed by atoms with Crippen LogP contribution in [0.15, 0.2) is 84.9 Å². The van der Waals surface area contributed by atoms with Crippen molar-refractivity contribution < 1.29 is 4.74 Å². The molecule has 0 saturated heterocycles. The molecule has 3 aromatic rings. The van der Waals surface area contributed by atoms with Gasteiger partial charge in [-0.05, 0) is 36.2 Å². The quantitative estimate of drug-likeness (QED) is 0.599. The number of anilines is 1. The van der Waals surface area contributed by atoms with Crippen molar-refractivity contribution in [3.05, 3.63) is 90.5 Å². The van der Waals surface area contributed by atoms with Gasteiger partial charge in [-0.1, -0.05) is 67.6 Å². The van der Waals surface area contributed by atoms with E-state index in [2.05, 4.69) is 42.6 Å². The number of para-hydroxylation sites is 3. The first kappa shape index (κ1) is 15.2. The van der Waals surface area contributed by atoms with E-state index in [4.69, 9.17) is 4.74 Å². The molecule has 0 radical (unpaired) electrons. The average molecular weight is 303 g/mol. The van der Waals surface area contributed by atoms with Crippen molar-refractivity contribution >= 4 is 5.69 Å². The van der Waals surface area contributed by atoms with Gasteiger partial charge < -0.3 is 10.1 Å². The highest BCUT2D eigenvalue weighted by Crippen LogP contribution is 2.32. The SMILES string of the molecule is CC[C@H](Nc1ccccc1Oc1ccccc1)c1ccccc1. The molecule has 0 aliphatic heterocycles. The summed E-state index contributed by atoms with van der Waals surface area (Å²) in [5.41, 5.74) is 2.29. The van der Waals surface area contributed by atoms with Gasteiger partial charge >= 0.3 is 0 Å². The van der Waals surface area contributed by atoms with Gasteiger partial charge in [0.05, 0.1) is 11.7 Å². The molecule has 0 aliphatic rings. The number of benzene rings is 3. The summed E-state index contributed by atoms with van der Waals surface area (Å²) in [6, 6.07) is 28.7. The van der Waals surface area contributed by atoms with E-state index in [-0.39, 0.29) is 6.04 Å². The molecule has 116 valence electrons. The fourth-order valence-corrected chi connectivity index (χ4v) is 2.58. The summed E-state index contributed by atoms with van der Waals surface area (Å²) in [4.78, 5) is 0. The molecular formula is C21H21NO. The molecule has 0 amide bonds. The normalized spacial score (nSPS) is 11.7. The zero-order valence-electron chi connectivity index (χ0n) is 13.3. The van der Waals surface area contributed by atoms with Crippen molar-refractivity contribution in [1.82, 2.24) is 0 Å². The highest BCUT2D eigenvalue weighted by molar-refractivity contribution is 5.58. The van der Waals surface area contributed by atoms with E-state index < -0.39 is 0 Å². The van der Waals surface area contributed by atoms with E-state index in [1.807, 2.05) is 54.6 Å². The third-order valence-corrected chi connectivity index (χ3v) is 3.80. The minimum Gasteiger partial charge on any atom is -0.455 e. The molecule has 2 heteroatoms. The van der Waals surface area contributed by atoms with Gasteiger partial charge in [0, 0.05) is 0 Å². The van der Waals surface area contributed by atoms with E-state index in [1.165, 1.54) is 5.56 Å². The van der Waals surface area contributed by atoms with Crippen LogP contribution in [0.25, 0.3) is 0 Å². The van der Waals surface area contributed by atoms with Gasteiger partial charge in [0.1, 0.15) is 5.75 Å². The van der Waals surface area contributed by atoms with Gasteiger partial charge in [0.2, 0.25) is 0 Å². The molecule has 0 spiro atoms. The highest BCUT2D eigenvalue weighted by Gasteiger charge is 2.11. The average Bonchev–Trinajstić information content (AvgIpc) is 2.62. The molecule has 23 heavy (non-hydrogen) atoms. The minimum absolute atomic E-state index is 0.261. The fourth-order valence-electron chi connectivity index (χ4n) is 2.58. The molecule has 0 fully saturated rings. The molecular weight excluding hydrogens is 282 g/mol. The largest absolute Gasteiger partial charge is 0.455 e. The van der Waals surface area contributed by atoms with E-state index in [1.54, 1.807) is 0 Å². The van der Waals surface area contributed by atoms with Crippen molar-refractivity contribution in [3.8, 4) is 11.5 Å². The van der Waals surface area contributed by atoms with Crippen LogP contribution in [0.5, 0.6) is 11.5 Å². The lowest BCUT2D eigenvalue weighted by Gasteiger charge is -2.21. The summed E-state index contributed by atoms with van der Waals surface area (Å²) in [6.45, 7) is 2.19. The zero-order valence-corrected chi connectivity index (χ0v) is 13.3. The summed E-state index contributed by atoms with van der Waals surface area (Å²) < 4.78 is 6.03. The lowest BCUT2D eigenvalue weighted by molar-refractivity contribution is 0.483. The van der Waals surface area contributed by atoms with E-state index in [9.17, 15) is 0 Å². The van der Waals surface area contributed by atoms with Gasteiger partial charge in [-0.15, -0.1) is 0 Å². The van der Waals surface area contributed by atoms with Crippen LogP contribution < -0.4 is 10.1 Å². The third-order valence-electron chi connectivity index (χ3n) is 3.80. The molecule has 3 rings (SSSR count). The number of rotatable bonds is 6. The third kappa shape index (κ3) is 3.92. The van der Waals surface area contributed by atoms with Crippen molar-refractivity contribution in [3.63, 3.8) is 0 Å². The Morgan fingerprint density at radius 2 is 1.39 bits per heavy atom. The smallest absolute Gasteiger partial charge is 0.150 e. The topological polar surface area (TPSA) is 21.3 Å². The maximum atomic E-state index is 6.03. The minimum atomic E-state index is 0.261. The van der Waals surface area contributed by atoms with Crippen LogP contribution in [-0.4, -0.2) is 0 Å². The van der Waals surface area contributed by atoms with Crippen molar-refractivity contribution in [1.29, 1.82) is 0 Å². The monoisotopic (exact) mass is 303 g/mol. The predicted molar refractivity (Wildman–Crippen MR) is 96.1 cm³/mol. The lowest BCUT2D eigenvalue weighted by Crippen LogP contribution is -2.10. The standard InChI is InChI=1S/C21H21NO/c1-2-19(17-11-5-3-6-12-17)22-20-15-9-10-16-21(20)23-18-13-7-4-8-14-18/h3-16,19,22H,2H2,1H3/t19-/m0/s1. The van der Waals surface area contributed by atoms with E-state index in [0.717, 1.165) is 23.6 Å². The number of ether oxygens (including phenoxy) is 1. The number of nitrogens with one attached hydrogen (secondary N) is 1. The van der Waals surface area contributed by atoms with Crippen LogP contribution >= 0.6 is 0 Å². The van der Waals surface area contributed by atoms with Crippen molar-refractivity contribution in [2.45, 2.75) is 19.4 Å². The summed E-state index contributed by atoms with van der Waals surface area (Å²) in [7, 11) is 0. The van der Waals surface area contributed by atoms with Crippen molar-refractivity contribution in [2.24, 2.45) is 0 Å². The molecule has 0 bridgehead atoms. The van der Waals surface area contributed by atoms with Crippen LogP contribution in [0.4, 0.5) is 5.69 Å². The predicted octanol–water partition coefficient (Wildman–Crippen LogP) is 6.04. The molecule has 1 N–H and O–H groups in total. The van der Waals surface area contributed by atoms with Crippen LogP contribution in [0, 0.1) is 0 Å². The Hall–Kier alpha value is -2.74. The Balaban J connectivity index is 1.82. The van der Waals surface area contributed by atoms with Crippen LogP contribution in [0.1, 0.15) is 24.9 Å². The molecule has 1 atom stereocenters. The second-order valence-corrected chi connectivity index (χ2v) is 5.43. The molecule has 2 nitrogen and oxygen atoms in total. The second kappa shape index (κ2) is 7.50. The second-order valence-electron chi connectivity index (χ2n) is 5.43. The highest BCUT2D eigenvalue weighted by atomic mass is 16.5. The first-order valence-corrected chi connectivity index (χ1v) is 8.00. The van der Waals surface area contributed by atoms with Crippen LogP contribution in [0.2, 0.25) is 0 Å². The van der Waals surface area contributed by atoms with Crippen LogP contribution in [-0.2, 0) is 0 Å². The van der Waals surface area contributed by atoms with Gasteiger partial charge in [-0.2, -0.15) is 0 Å². The van der Waals surface area contributed by atoms with Gasteiger partial charge in [-0.3, -0.25) is 0 Å². The fraction of sp³-hybridized carbons (Fsp3) is 0.143. The van der Waals surface area contributed by atoms with Gasteiger partial charge in [0.15, 0.2) is 5.75 Å². The first-order valence-electron chi connectivity index (χ1n) is 8.00. The molecule has 0 unspecified atom stereocenters. The Morgan fingerprint density at radius 1 is 0.783 bits per heavy atom. The number of hydrogen-bond donors (Lipinski definition) is 1. The van der Waals surface area contributed by atoms with Gasteiger partial charge in [-0.25, -0.2) is 0 Å². The maximum Gasteiger partial charge on any atom is 0.150 e. The first-order chi connectivity index (χ1) is 11.4. The molecule has 0 heterocycles. The Bertz CT molecular complexity index is 725. The summed E-state index contributed by atoms with van der Waals surface area (Å²) in [6.07, 6.45) is 1.00. The molecule has 3 aromatic carbocycles. The van der Waals surface area contributed by atoms with Crippen molar-refractivity contribution in [2.75, 3.05) is 5.32 Å². The molecule has 0 saturated carbocycles. The van der Waals surface area contributed by atoms with E-state index in [0.29, 0.717) is 0 Å². The Morgan fingerprint density at radius 3 is 2.09 bits per heavy atom. The lowest BCUT2D eigenvalue weighted by atomic mass is 10.0. The van der Waals surface area contributed by atoms with Crippen LogP contribution in [0.3, 0.4) is 0 Å². The molecule has 0 aromatic heterocycles. The summed E-state index contributed by atoms with van der Waals surface area (Å²) in [5, 5.41) is 3.61.